The molecule has 1 N–H and O–H groups in total. The Morgan fingerprint density at radius 2 is 2.19 bits per heavy atom. The zero-order valence-corrected chi connectivity index (χ0v) is 9.40. The van der Waals surface area contributed by atoms with Crippen LogP contribution in [0.2, 0.25) is 0 Å². The van der Waals surface area contributed by atoms with Crippen LogP contribution in [-0.4, -0.2) is 16.1 Å². The van der Waals surface area contributed by atoms with Crippen molar-refractivity contribution < 1.29 is 4.74 Å². The average molecular weight is 220 g/mol. The first-order chi connectivity index (χ1) is 7.72. The zero-order chi connectivity index (χ0) is 11.1. The van der Waals surface area contributed by atoms with Gasteiger partial charge in [-0.3, -0.25) is 4.79 Å². The molecule has 0 amide bonds. The lowest BCUT2D eigenvalue weighted by atomic mass is 10.2. The number of ether oxygens (including phenoxy) is 1. The Morgan fingerprint density at radius 1 is 1.38 bits per heavy atom. The average Bonchev–Trinajstić information content (AvgIpc) is 3.01. The van der Waals surface area contributed by atoms with Crippen LogP contribution in [0.5, 0.6) is 0 Å². The van der Waals surface area contributed by atoms with E-state index in [9.17, 15) is 4.79 Å². The van der Waals surface area contributed by atoms with Crippen LogP contribution in [0.4, 0.5) is 0 Å². The van der Waals surface area contributed by atoms with Crippen molar-refractivity contribution in [3.8, 4) is 0 Å². The van der Waals surface area contributed by atoms with Gasteiger partial charge in [0.05, 0.1) is 11.8 Å². The second kappa shape index (κ2) is 3.70. The molecule has 86 valence electrons. The van der Waals surface area contributed by atoms with Crippen molar-refractivity contribution in [2.24, 2.45) is 0 Å². The largest absolute Gasteiger partial charge is 0.367 e. The first-order valence-electron chi connectivity index (χ1n) is 5.99. The fraction of sp³-hybridized carbons (Fsp3) is 0.667. The number of hydrogen-bond donors (Lipinski definition) is 1. The third-order valence-electron chi connectivity index (χ3n) is 3.31. The van der Waals surface area contributed by atoms with Crippen molar-refractivity contribution in [1.29, 1.82) is 0 Å². The van der Waals surface area contributed by atoms with Crippen LogP contribution in [0.25, 0.3) is 0 Å². The monoisotopic (exact) mass is 220 g/mol. The van der Waals surface area contributed by atoms with Crippen molar-refractivity contribution in [1.82, 2.24) is 9.97 Å². The molecule has 4 heteroatoms. The molecular weight excluding hydrogens is 204 g/mol. The van der Waals surface area contributed by atoms with Gasteiger partial charge in [-0.1, -0.05) is 0 Å². The van der Waals surface area contributed by atoms with Gasteiger partial charge in [0, 0.05) is 12.0 Å². The van der Waals surface area contributed by atoms with E-state index in [1.54, 1.807) is 6.07 Å². The van der Waals surface area contributed by atoms with E-state index in [-0.39, 0.29) is 17.8 Å². The molecule has 3 rings (SSSR count). The molecule has 0 bridgehead atoms. The van der Waals surface area contributed by atoms with Gasteiger partial charge in [0.15, 0.2) is 0 Å². The van der Waals surface area contributed by atoms with Crippen molar-refractivity contribution in [2.45, 2.75) is 50.7 Å². The number of aromatic nitrogens is 2. The van der Waals surface area contributed by atoms with E-state index < -0.39 is 0 Å². The third-order valence-corrected chi connectivity index (χ3v) is 3.31. The molecule has 16 heavy (non-hydrogen) atoms. The van der Waals surface area contributed by atoms with E-state index in [0.717, 1.165) is 37.2 Å². The van der Waals surface area contributed by atoms with Crippen LogP contribution in [0.1, 0.15) is 56.1 Å². The lowest BCUT2D eigenvalue weighted by molar-refractivity contribution is 0.0500. The Bertz CT molecular complexity index is 451. The molecule has 1 saturated heterocycles. The fourth-order valence-electron chi connectivity index (χ4n) is 2.24. The summed E-state index contributed by atoms with van der Waals surface area (Å²) in [6.07, 6.45) is 4.59. The first kappa shape index (κ1) is 10.0. The van der Waals surface area contributed by atoms with Gasteiger partial charge in [0.25, 0.3) is 5.56 Å². The maximum absolute atomic E-state index is 11.5. The summed E-state index contributed by atoms with van der Waals surface area (Å²) in [5.74, 6) is 1.23. The maximum Gasteiger partial charge on any atom is 0.251 e. The van der Waals surface area contributed by atoms with Gasteiger partial charge >= 0.3 is 0 Å². The summed E-state index contributed by atoms with van der Waals surface area (Å²) in [4.78, 5) is 18.9. The summed E-state index contributed by atoms with van der Waals surface area (Å²) in [6.45, 7) is 2.06. The highest BCUT2D eigenvalue weighted by molar-refractivity contribution is 5.15. The van der Waals surface area contributed by atoms with Gasteiger partial charge in [-0.15, -0.1) is 0 Å². The van der Waals surface area contributed by atoms with Crippen LogP contribution in [0, 0.1) is 0 Å². The maximum atomic E-state index is 11.5. The molecule has 2 fully saturated rings. The summed E-state index contributed by atoms with van der Waals surface area (Å²) < 4.78 is 5.72. The molecule has 1 saturated carbocycles. The molecule has 1 aromatic rings. The Labute approximate surface area is 94.1 Å². The standard InChI is InChI=1S/C12H16N2O2/c1-7-2-5-10(16-7)12-13-9(8-3-4-8)6-11(15)14-12/h6-8,10H,2-5H2,1H3,(H,13,14,15). The summed E-state index contributed by atoms with van der Waals surface area (Å²) in [5, 5.41) is 0. The minimum Gasteiger partial charge on any atom is -0.367 e. The second-order valence-electron chi connectivity index (χ2n) is 4.84. The molecule has 4 nitrogen and oxygen atoms in total. The SMILES string of the molecule is CC1CCC(c2nc(C3CC3)cc(=O)[nH]2)O1. The Balaban J connectivity index is 1.91. The Morgan fingerprint density at radius 3 is 2.81 bits per heavy atom. The predicted molar refractivity (Wildman–Crippen MR) is 59.4 cm³/mol. The number of H-pyrrole nitrogens is 1. The van der Waals surface area contributed by atoms with Crippen LogP contribution >= 0.6 is 0 Å². The summed E-state index contributed by atoms with van der Waals surface area (Å²) in [5.41, 5.74) is 0.900. The topological polar surface area (TPSA) is 55.0 Å². The van der Waals surface area contributed by atoms with E-state index in [0.29, 0.717) is 5.92 Å². The highest BCUT2D eigenvalue weighted by Gasteiger charge is 2.29. The molecule has 2 aliphatic rings. The van der Waals surface area contributed by atoms with Crippen molar-refractivity contribution >= 4 is 0 Å². The smallest absolute Gasteiger partial charge is 0.251 e. The number of nitrogens with one attached hydrogen (secondary N) is 1. The van der Waals surface area contributed by atoms with Crippen LogP contribution in [-0.2, 0) is 4.74 Å². The van der Waals surface area contributed by atoms with Gasteiger partial charge < -0.3 is 9.72 Å². The summed E-state index contributed by atoms with van der Waals surface area (Å²) >= 11 is 0. The lowest BCUT2D eigenvalue weighted by Gasteiger charge is -2.11. The number of hydrogen-bond acceptors (Lipinski definition) is 3. The third kappa shape index (κ3) is 1.89. The molecule has 0 spiro atoms. The summed E-state index contributed by atoms with van der Waals surface area (Å²) in [6, 6.07) is 1.62. The van der Waals surface area contributed by atoms with Crippen molar-refractivity contribution in [2.75, 3.05) is 0 Å². The summed E-state index contributed by atoms with van der Waals surface area (Å²) in [7, 11) is 0. The minimum absolute atomic E-state index is 0.0126. The quantitative estimate of drug-likeness (QED) is 0.828. The van der Waals surface area contributed by atoms with Crippen molar-refractivity contribution in [3.63, 3.8) is 0 Å². The molecule has 1 aliphatic carbocycles. The normalized spacial score (nSPS) is 29.6. The lowest BCUT2D eigenvalue weighted by Crippen LogP contribution is -2.15. The highest BCUT2D eigenvalue weighted by atomic mass is 16.5. The van der Waals surface area contributed by atoms with E-state index >= 15 is 0 Å². The molecule has 2 unspecified atom stereocenters. The fourth-order valence-corrected chi connectivity index (χ4v) is 2.24. The highest BCUT2D eigenvalue weighted by Crippen LogP contribution is 2.39. The Hall–Kier alpha value is -1.16. The van der Waals surface area contributed by atoms with Gasteiger partial charge in [-0.25, -0.2) is 4.98 Å². The molecule has 1 aliphatic heterocycles. The number of rotatable bonds is 2. The van der Waals surface area contributed by atoms with Gasteiger partial charge in [0.2, 0.25) is 0 Å². The molecule has 2 heterocycles. The van der Waals surface area contributed by atoms with Crippen LogP contribution in [0.15, 0.2) is 10.9 Å². The van der Waals surface area contributed by atoms with Crippen LogP contribution < -0.4 is 5.56 Å². The van der Waals surface area contributed by atoms with Gasteiger partial charge in [0.1, 0.15) is 11.9 Å². The predicted octanol–water partition coefficient (Wildman–Crippen LogP) is 1.89. The van der Waals surface area contributed by atoms with E-state index in [1.165, 1.54) is 0 Å². The van der Waals surface area contributed by atoms with E-state index in [4.69, 9.17) is 4.74 Å². The number of aromatic amines is 1. The molecule has 0 radical (unpaired) electrons. The van der Waals surface area contributed by atoms with Gasteiger partial charge in [-0.05, 0) is 32.6 Å². The zero-order valence-electron chi connectivity index (χ0n) is 9.40. The molecular formula is C12H16N2O2. The van der Waals surface area contributed by atoms with E-state index in [2.05, 4.69) is 16.9 Å². The number of nitrogens with zero attached hydrogens (tertiary/aromatic N) is 1. The van der Waals surface area contributed by atoms with Gasteiger partial charge in [-0.2, -0.15) is 0 Å². The minimum atomic E-state index is -0.0462. The first-order valence-corrected chi connectivity index (χ1v) is 5.99. The van der Waals surface area contributed by atoms with Crippen LogP contribution in [0.3, 0.4) is 0 Å². The molecule has 2 atom stereocenters. The molecule has 0 aromatic carbocycles. The second-order valence-corrected chi connectivity index (χ2v) is 4.84. The Kier molecular flexibility index (Phi) is 2.32. The van der Waals surface area contributed by atoms with Crippen molar-refractivity contribution in [3.05, 3.63) is 27.9 Å². The van der Waals surface area contributed by atoms with E-state index in [1.807, 2.05) is 0 Å². The molecule has 1 aromatic heterocycles.